The Labute approximate surface area is 127 Å². The fraction of sp³-hybridized carbons (Fsp3) is 0.368. The van der Waals surface area contributed by atoms with Gasteiger partial charge in [0.25, 0.3) is 0 Å². The third kappa shape index (κ3) is 3.45. The summed E-state index contributed by atoms with van der Waals surface area (Å²) in [6.45, 7) is 3.24. The molecule has 1 heterocycles. The number of fused-ring (bicyclic) bond motifs is 1. The van der Waals surface area contributed by atoms with E-state index in [9.17, 15) is 0 Å². The van der Waals surface area contributed by atoms with Gasteiger partial charge in [-0.05, 0) is 36.6 Å². The monoisotopic (exact) mass is 281 g/mol. The fourth-order valence-electron chi connectivity index (χ4n) is 2.97. The van der Waals surface area contributed by atoms with Crippen LogP contribution in [0.5, 0.6) is 5.75 Å². The van der Waals surface area contributed by atoms with Crippen molar-refractivity contribution in [1.82, 2.24) is 5.32 Å². The van der Waals surface area contributed by atoms with E-state index in [-0.39, 0.29) is 6.10 Å². The predicted molar refractivity (Wildman–Crippen MR) is 86.8 cm³/mol. The molecule has 2 aromatic rings. The van der Waals surface area contributed by atoms with Gasteiger partial charge >= 0.3 is 0 Å². The van der Waals surface area contributed by atoms with Crippen LogP contribution in [-0.2, 0) is 12.8 Å². The Morgan fingerprint density at radius 3 is 2.62 bits per heavy atom. The van der Waals surface area contributed by atoms with Gasteiger partial charge in [-0.25, -0.2) is 0 Å². The third-order valence-electron chi connectivity index (χ3n) is 4.08. The van der Waals surface area contributed by atoms with Crippen molar-refractivity contribution in [3.8, 4) is 5.75 Å². The van der Waals surface area contributed by atoms with Crippen molar-refractivity contribution >= 4 is 0 Å². The molecule has 1 aliphatic rings. The second-order valence-corrected chi connectivity index (χ2v) is 5.72. The lowest BCUT2D eigenvalue weighted by Crippen LogP contribution is -2.44. The van der Waals surface area contributed by atoms with Crippen molar-refractivity contribution in [1.29, 1.82) is 0 Å². The van der Waals surface area contributed by atoms with Crippen molar-refractivity contribution in [2.45, 2.75) is 38.3 Å². The summed E-state index contributed by atoms with van der Waals surface area (Å²) in [4.78, 5) is 0. The van der Waals surface area contributed by atoms with Gasteiger partial charge in [-0.15, -0.1) is 0 Å². The highest BCUT2D eigenvalue weighted by atomic mass is 16.5. The molecule has 1 N–H and O–H groups in total. The van der Waals surface area contributed by atoms with Crippen molar-refractivity contribution in [3.05, 3.63) is 65.7 Å². The van der Waals surface area contributed by atoms with E-state index in [0.717, 1.165) is 31.6 Å². The van der Waals surface area contributed by atoms with Gasteiger partial charge < -0.3 is 10.1 Å². The van der Waals surface area contributed by atoms with Crippen LogP contribution in [0.25, 0.3) is 0 Å². The first-order valence-corrected chi connectivity index (χ1v) is 7.88. The van der Waals surface area contributed by atoms with Crippen LogP contribution >= 0.6 is 0 Å². The molecular formula is C19H23NO. The molecule has 1 aliphatic heterocycles. The molecule has 0 amide bonds. The second-order valence-electron chi connectivity index (χ2n) is 5.72. The molecule has 0 spiro atoms. The Kier molecular flexibility index (Phi) is 4.56. The van der Waals surface area contributed by atoms with Crippen LogP contribution in [-0.4, -0.2) is 18.7 Å². The molecule has 0 radical (unpaired) electrons. The molecule has 0 bridgehead atoms. The SMILES string of the molecule is CCCNC(Cc1ccccc1)C1Cc2ccccc2O1. The Hall–Kier alpha value is -1.80. The standard InChI is InChI=1S/C19H23NO/c1-2-12-20-17(13-15-8-4-3-5-9-15)19-14-16-10-6-7-11-18(16)21-19/h3-11,17,19-20H,2,12-14H2,1H3. The van der Waals surface area contributed by atoms with Gasteiger partial charge in [0, 0.05) is 12.5 Å². The summed E-state index contributed by atoms with van der Waals surface area (Å²) in [7, 11) is 0. The smallest absolute Gasteiger partial charge is 0.123 e. The predicted octanol–water partition coefficient (Wildman–Crippen LogP) is 3.60. The van der Waals surface area contributed by atoms with Gasteiger partial charge in [-0.3, -0.25) is 0 Å². The second kappa shape index (κ2) is 6.77. The number of benzene rings is 2. The molecule has 2 heteroatoms. The topological polar surface area (TPSA) is 21.3 Å². The normalized spacial score (nSPS) is 18.0. The maximum absolute atomic E-state index is 6.18. The van der Waals surface area contributed by atoms with E-state index >= 15 is 0 Å². The molecule has 2 atom stereocenters. The Bertz CT molecular complexity index is 542. The highest BCUT2D eigenvalue weighted by Crippen LogP contribution is 2.30. The zero-order valence-corrected chi connectivity index (χ0v) is 12.6. The molecule has 21 heavy (non-hydrogen) atoms. The zero-order valence-electron chi connectivity index (χ0n) is 12.6. The van der Waals surface area contributed by atoms with Gasteiger partial charge in [-0.1, -0.05) is 55.5 Å². The van der Waals surface area contributed by atoms with Crippen LogP contribution < -0.4 is 10.1 Å². The zero-order chi connectivity index (χ0) is 14.5. The quantitative estimate of drug-likeness (QED) is 0.873. The van der Waals surface area contributed by atoms with E-state index in [1.807, 2.05) is 6.07 Å². The minimum atomic E-state index is 0.231. The van der Waals surface area contributed by atoms with Crippen molar-refractivity contribution in [3.63, 3.8) is 0 Å². The van der Waals surface area contributed by atoms with Crippen LogP contribution in [0.2, 0.25) is 0 Å². The van der Waals surface area contributed by atoms with Crippen LogP contribution in [0.3, 0.4) is 0 Å². The summed E-state index contributed by atoms with van der Waals surface area (Å²) < 4.78 is 6.18. The molecular weight excluding hydrogens is 258 g/mol. The van der Waals surface area contributed by atoms with Gasteiger partial charge in [0.15, 0.2) is 0 Å². The molecule has 0 aliphatic carbocycles. The number of hydrogen-bond acceptors (Lipinski definition) is 2. The number of hydrogen-bond donors (Lipinski definition) is 1. The molecule has 3 rings (SSSR count). The summed E-state index contributed by atoms with van der Waals surface area (Å²) in [5.41, 5.74) is 2.70. The van der Waals surface area contributed by atoms with Crippen LogP contribution in [0.1, 0.15) is 24.5 Å². The van der Waals surface area contributed by atoms with E-state index in [4.69, 9.17) is 4.74 Å². The molecule has 2 unspecified atom stereocenters. The Balaban J connectivity index is 1.71. The van der Waals surface area contributed by atoms with E-state index in [0.29, 0.717) is 6.04 Å². The molecule has 0 saturated heterocycles. The largest absolute Gasteiger partial charge is 0.488 e. The molecule has 2 nitrogen and oxygen atoms in total. The highest BCUT2D eigenvalue weighted by Gasteiger charge is 2.29. The first-order chi connectivity index (χ1) is 10.4. The average molecular weight is 281 g/mol. The lowest BCUT2D eigenvalue weighted by atomic mass is 9.98. The Morgan fingerprint density at radius 2 is 1.86 bits per heavy atom. The van der Waals surface area contributed by atoms with E-state index in [1.165, 1.54) is 11.1 Å². The minimum absolute atomic E-state index is 0.231. The fourth-order valence-corrected chi connectivity index (χ4v) is 2.97. The van der Waals surface area contributed by atoms with Crippen molar-refractivity contribution in [2.24, 2.45) is 0 Å². The maximum Gasteiger partial charge on any atom is 0.123 e. The summed E-state index contributed by atoms with van der Waals surface area (Å²) in [5, 5.41) is 3.67. The molecule has 0 fully saturated rings. The van der Waals surface area contributed by atoms with Crippen LogP contribution in [0.15, 0.2) is 54.6 Å². The minimum Gasteiger partial charge on any atom is -0.488 e. The molecule has 2 aromatic carbocycles. The van der Waals surface area contributed by atoms with Gasteiger partial charge in [-0.2, -0.15) is 0 Å². The van der Waals surface area contributed by atoms with Gasteiger partial charge in [0.05, 0.1) is 0 Å². The summed E-state index contributed by atoms with van der Waals surface area (Å²) in [6.07, 6.45) is 3.39. The van der Waals surface area contributed by atoms with Crippen LogP contribution in [0.4, 0.5) is 0 Å². The lowest BCUT2D eigenvalue weighted by Gasteiger charge is -2.24. The lowest BCUT2D eigenvalue weighted by molar-refractivity contribution is 0.177. The number of nitrogens with one attached hydrogen (secondary N) is 1. The molecule has 110 valence electrons. The van der Waals surface area contributed by atoms with Crippen LogP contribution in [0, 0.1) is 0 Å². The van der Waals surface area contributed by atoms with E-state index < -0.39 is 0 Å². The molecule has 0 saturated carbocycles. The number of para-hydroxylation sites is 1. The first-order valence-electron chi connectivity index (χ1n) is 7.88. The maximum atomic E-state index is 6.18. The van der Waals surface area contributed by atoms with E-state index in [1.54, 1.807) is 0 Å². The van der Waals surface area contributed by atoms with Gasteiger partial charge in [0.2, 0.25) is 0 Å². The average Bonchev–Trinajstić information content (AvgIpc) is 2.96. The van der Waals surface area contributed by atoms with Crippen molar-refractivity contribution in [2.75, 3.05) is 6.54 Å². The Morgan fingerprint density at radius 1 is 1.10 bits per heavy atom. The summed E-state index contributed by atoms with van der Waals surface area (Å²) in [5.74, 6) is 1.05. The van der Waals surface area contributed by atoms with Gasteiger partial charge in [0.1, 0.15) is 11.9 Å². The number of ether oxygens (including phenoxy) is 1. The summed E-state index contributed by atoms with van der Waals surface area (Å²) >= 11 is 0. The first kappa shape index (κ1) is 14.2. The number of rotatable bonds is 6. The third-order valence-corrected chi connectivity index (χ3v) is 4.08. The molecule has 0 aromatic heterocycles. The summed E-state index contributed by atoms with van der Waals surface area (Å²) in [6, 6.07) is 19.4. The van der Waals surface area contributed by atoms with E-state index in [2.05, 4.69) is 60.8 Å². The van der Waals surface area contributed by atoms with Crippen molar-refractivity contribution < 1.29 is 4.74 Å². The highest BCUT2D eigenvalue weighted by molar-refractivity contribution is 5.37.